The van der Waals surface area contributed by atoms with E-state index in [0.29, 0.717) is 10.6 Å². The molecule has 2 heterocycles. The van der Waals surface area contributed by atoms with Gasteiger partial charge in [-0.05, 0) is 44.1 Å². The lowest BCUT2D eigenvalue weighted by Gasteiger charge is -2.19. The Morgan fingerprint density at radius 1 is 1.07 bits per heavy atom. The van der Waals surface area contributed by atoms with E-state index in [2.05, 4.69) is 5.32 Å². The van der Waals surface area contributed by atoms with Crippen LogP contribution < -0.4 is 5.32 Å². The number of nitrogens with one attached hydrogen (secondary N) is 1. The Hall–Kier alpha value is -2.22. The molecule has 4 rings (SSSR count). The highest BCUT2D eigenvalue weighted by Crippen LogP contribution is 2.40. The molecule has 8 heteroatoms. The van der Waals surface area contributed by atoms with Crippen LogP contribution in [0.2, 0.25) is 0 Å². The number of hydrogen-bond donors (Lipinski definition) is 1. The number of anilines is 1. The summed E-state index contributed by atoms with van der Waals surface area (Å²) in [6.45, 7) is -0.298. The van der Waals surface area contributed by atoms with Gasteiger partial charge in [-0.2, -0.15) is 0 Å². The van der Waals surface area contributed by atoms with E-state index in [-0.39, 0.29) is 30.2 Å². The molecule has 3 aliphatic rings. The van der Waals surface area contributed by atoms with E-state index in [1.54, 1.807) is 0 Å². The van der Waals surface area contributed by atoms with Crippen molar-refractivity contribution < 1.29 is 23.9 Å². The largest absolute Gasteiger partial charge is 0.465 e. The van der Waals surface area contributed by atoms with Gasteiger partial charge < -0.3 is 10.1 Å². The van der Waals surface area contributed by atoms with E-state index in [1.807, 2.05) is 0 Å². The van der Waals surface area contributed by atoms with Crippen LogP contribution in [-0.2, 0) is 32.0 Å². The van der Waals surface area contributed by atoms with Crippen LogP contribution in [0.3, 0.4) is 0 Å². The van der Waals surface area contributed by atoms with E-state index in [1.165, 1.54) is 18.4 Å². The van der Waals surface area contributed by atoms with Crippen LogP contribution >= 0.6 is 11.3 Å². The number of thiophene rings is 1. The van der Waals surface area contributed by atoms with Crippen molar-refractivity contribution in [2.24, 2.45) is 11.8 Å². The van der Waals surface area contributed by atoms with Gasteiger partial charge in [0.15, 0.2) is 0 Å². The van der Waals surface area contributed by atoms with Gasteiger partial charge in [-0.15, -0.1) is 11.3 Å². The summed E-state index contributed by atoms with van der Waals surface area (Å²) >= 11 is 1.39. The molecular weight excluding hydrogens is 380 g/mol. The van der Waals surface area contributed by atoms with Crippen molar-refractivity contribution in [2.45, 2.75) is 51.4 Å². The van der Waals surface area contributed by atoms with Crippen molar-refractivity contribution in [1.82, 2.24) is 4.90 Å². The Morgan fingerprint density at radius 2 is 1.71 bits per heavy atom. The zero-order valence-electron chi connectivity index (χ0n) is 15.9. The Labute approximate surface area is 167 Å². The summed E-state index contributed by atoms with van der Waals surface area (Å²) < 4.78 is 4.91. The fourth-order valence-electron chi connectivity index (χ4n) is 4.67. The topological polar surface area (TPSA) is 92.8 Å². The van der Waals surface area contributed by atoms with Gasteiger partial charge in [0.1, 0.15) is 11.5 Å². The Balaban J connectivity index is 1.51. The second kappa shape index (κ2) is 7.66. The fraction of sp³-hybridized carbons (Fsp3) is 0.600. The third-order valence-corrected chi connectivity index (χ3v) is 7.26. The smallest absolute Gasteiger partial charge is 0.341 e. The number of nitrogens with zero attached hydrogens (tertiary/aromatic N) is 1. The number of imide groups is 1. The molecule has 1 aliphatic heterocycles. The minimum atomic E-state index is -0.464. The molecule has 0 aromatic carbocycles. The van der Waals surface area contributed by atoms with E-state index >= 15 is 0 Å². The molecule has 2 aliphatic carbocycles. The number of fused-ring (bicyclic) bond motifs is 2. The molecule has 150 valence electrons. The third kappa shape index (κ3) is 3.23. The SMILES string of the molecule is COC(=O)c1c(NC(=O)CN2C(=O)C3CCCCC3C2=O)sc2c1CCCC2. The van der Waals surface area contributed by atoms with Crippen LogP contribution in [-0.4, -0.2) is 42.2 Å². The Kier molecular flexibility index (Phi) is 5.23. The number of carbonyl (C=O) groups is 4. The first-order valence-electron chi connectivity index (χ1n) is 9.89. The van der Waals surface area contributed by atoms with Gasteiger partial charge in [0.25, 0.3) is 0 Å². The fourth-order valence-corrected chi connectivity index (χ4v) is 5.96. The number of aryl methyl sites for hydroxylation is 1. The van der Waals surface area contributed by atoms with Crippen molar-refractivity contribution in [3.8, 4) is 0 Å². The first-order chi connectivity index (χ1) is 13.5. The number of hydrogen-bond acceptors (Lipinski definition) is 6. The lowest BCUT2D eigenvalue weighted by Crippen LogP contribution is -2.38. The minimum absolute atomic E-state index is 0.233. The molecule has 7 nitrogen and oxygen atoms in total. The normalized spacial score (nSPS) is 24.0. The lowest BCUT2D eigenvalue weighted by atomic mass is 9.81. The van der Waals surface area contributed by atoms with Crippen LogP contribution in [0.1, 0.15) is 59.3 Å². The van der Waals surface area contributed by atoms with Gasteiger partial charge >= 0.3 is 5.97 Å². The third-order valence-electron chi connectivity index (χ3n) is 6.05. The molecule has 1 aromatic rings. The zero-order valence-corrected chi connectivity index (χ0v) is 16.7. The summed E-state index contributed by atoms with van der Waals surface area (Å²) in [7, 11) is 1.32. The van der Waals surface area contributed by atoms with Crippen LogP contribution in [0, 0.1) is 11.8 Å². The number of carbonyl (C=O) groups excluding carboxylic acids is 4. The second-order valence-corrected chi connectivity index (χ2v) is 8.82. The van der Waals surface area contributed by atoms with Gasteiger partial charge in [-0.25, -0.2) is 4.79 Å². The first kappa shape index (κ1) is 19.1. The summed E-state index contributed by atoms with van der Waals surface area (Å²) in [5.41, 5.74) is 1.38. The average Bonchev–Trinajstić information content (AvgIpc) is 3.18. The van der Waals surface area contributed by atoms with E-state index in [4.69, 9.17) is 4.74 Å². The monoisotopic (exact) mass is 404 g/mol. The molecular formula is C20H24N2O5S. The van der Waals surface area contributed by atoms with E-state index in [0.717, 1.165) is 66.7 Å². The molecule has 3 amide bonds. The predicted octanol–water partition coefficient (Wildman–Crippen LogP) is 2.53. The molecule has 2 atom stereocenters. The predicted molar refractivity (Wildman–Crippen MR) is 103 cm³/mol. The summed E-state index contributed by atoms with van der Waals surface area (Å²) in [5.74, 6) is -1.92. The first-order valence-corrected chi connectivity index (χ1v) is 10.7. The maximum Gasteiger partial charge on any atom is 0.341 e. The summed E-state index contributed by atoms with van der Waals surface area (Å²) in [4.78, 5) is 52.3. The number of methoxy groups -OCH3 is 1. The highest BCUT2D eigenvalue weighted by Gasteiger charge is 2.48. The molecule has 0 spiro atoms. The molecule has 2 fully saturated rings. The second-order valence-electron chi connectivity index (χ2n) is 7.71. The van der Waals surface area contributed by atoms with Gasteiger partial charge in [0, 0.05) is 4.88 Å². The summed E-state index contributed by atoms with van der Waals surface area (Å²) in [6.07, 6.45) is 7.06. The van der Waals surface area contributed by atoms with Crippen LogP contribution in [0.4, 0.5) is 5.00 Å². The molecule has 28 heavy (non-hydrogen) atoms. The molecule has 1 saturated carbocycles. The molecule has 0 radical (unpaired) electrons. The van der Waals surface area contributed by atoms with Crippen molar-refractivity contribution in [2.75, 3.05) is 19.0 Å². The maximum atomic E-state index is 12.6. The number of likely N-dealkylation sites (tertiary alicyclic amines) is 1. The molecule has 1 aromatic heterocycles. The number of amides is 3. The molecule has 0 bridgehead atoms. The van der Waals surface area contributed by atoms with Gasteiger partial charge in [0.05, 0.1) is 24.5 Å². The average molecular weight is 404 g/mol. The van der Waals surface area contributed by atoms with E-state index < -0.39 is 11.9 Å². The van der Waals surface area contributed by atoms with Crippen molar-refractivity contribution in [3.05, 3.63) is 16.0 Å². The minimum Gasteiger partial charge on any atom is -0.465 e. The van der Waals surface area contributed by atoms with Gasteiger partial charge in [-0.1, -0.05) is 12.8 Å². The molecule has 1 saturated heterocycles. The highest BCUT2D eigenvalue weighted by atomic mass is 32.1. The Morgan fingerprint density at radius 3 is 2.36 bits per heavy atom. The number of rotatable bonds is 4. The van der Waals surface area contributed by atoms with Gasteiger partial charge in [-0.3, -0.25) is 19.3 Å². The lowest BCUT2D eigenvalue weighted by molar-refractivity contribution is -0.142. The highest BCUT2D eigenvalue weighted by molar-refractivity contribution is 7.17. The number of esters is 1. The molecule has 1 N–H and O–H groups in total. The van der Waals surface area contributed by atoms with Crippen molar-refractivity contribution in [3.63, 3.8) is 0 Å². The van der Waals surface area contributed by atoms with Crippen molar-refractivity contribution >= 4 is 40.0 Å². The van der Waals surface area contributed by atoms with Crippen LogP contribution in [0.25, 0.3) is 0 Å². The van der Waals surface area contributed by atoms with E-state index in [9.17, 15) is 19.2 Å². The Bertz CT molecular complexity index is 822. The maximum absolute atomic E-state index is 12.6. The zero-order chi connectivity index (χ0) is 19.8. The van der Waals surface area contributed by atoms with Gasteiger partial charge in [0.2, 0.25) is 17.7 Å². The van der Waals surface area contributed by atoms with Crippen LogP contribution in [0.5, 0.6) is 0 Å². The quantitative estimate of drug-likeness (QED) is 0.615. The summed E-state index contributed by atoms with van der Waals surface area (Å²) in [6, 6.07) is 0. The standard InChI is InChI=1S/C20H24N2O5S/c1-27-20(26)16-13-8-4-5-9-14(13)28-17(16)21-15(23)10-22-18(24)11-6-2-3-7-12(11)19(22)25/h11-12H,2-10H2,1H3,(H,21,23). The van der Waals surface area contributed by atoms with Crippen molar-refractivity contribution in [1.29, 1.82) is 0 Å². The number of ether oxygens (including phenoxy) is 1. The van der Waals surface area contributed by atoms with Crippen LogP contribution in [0.15, 0.2) is 0 Å². The summed E-state index contributed by atoms with van der Waals surface area (Å²) in [5, 5.41) is 3.22. The molecule has 2 unspecified atom stereocenters.